The minimum atomic E-state index is -1.09. The molecule has 1 unspecified atom stereocenters. The van der Waals surface area contributed by atoms with Crippen LogP contribution in [0.5, 0.6) is 0 Å². The number of unbranched alkanes of at least 4 members (excludes halogenated alkanes) is 4. The summed E-state index contributed by atoms with van der Waals surface area (Å²) in [7, 11) is -1.09. The number of benzene rings is 2. The molecule has 0 aliphatic rings. The van der Waals surface area contributed by atoms with Crippen molar-refractivity contribution in [3.8, 4) is 0 Å². The van der Waals surface area contributed by atoms with Gasteiger partial charge in [0, 0.05) is 15.5 Å². The molecule has 0 fully saturated rings. The summed E-state index contributed by atoms with van der Waals surface area (Å²) >= 11 is 1.76. The third-order valence-corrected chi connectivity index (χ3v) is 8.05. The first-order valence-electron chi connectivity index (χ1n) is 11.4. The quantitative estimate of drug-likeness (QED) is 0.246. The van der Waals surface area contributed by atoms with E-state index >= 15 is 0 Å². The normalized spacial score (nSPS) is 11.4. The second-order valence-electron chi connectivity index (χ2n) is 7.78. The molecule has 0 amide bonds. The Morgan fingerprint density at radius 1 is 0.818 bits per heavy atom. The van der Waals surface area contributed by atoms with E-state index in [2.05, 4.69) is 13.8 Å². The van der Waals surface area contributed by atoms with Gasteiger partial charge in [-0.05, 0) is 67.8 Å². The van der Waals surface area contributed by atoms with Crippen LogP contribution in [0.1, 0.15) is 84.2 Å². The second kappa shape index (κ2) is 15.7. The Kier molecular flexibility index (Phi) is 13.7. The van der Waals surface area contributed by atoms with Crippen molar-refractivity contribution in [1.29, 1.82) is 0 Å². The fourth-order valence-electron chi connectivity index (χ4n) is 3.22. The van der Waals surface area contributed by atoms with E-state index in [9.17, 15) is 13.8 Å². The summed E-state index contributed by atoms with van der Waals surface area (Å²) in [6.07, 6.45) is 6.71. The zero-order valence-corrected chi connectivity index (χ0v) is 21.7. The highest BCUT2D eigenvalue weighted by Crippen LogP contribution is 2.26. The number of aromatic carboxylic acids is 2. The summed E-state index contributed by atoms with van der Waals surface area (Å²) < 4.78 is 12.0. The lowest BCUT2D eigenvalue weighted by Crippen LogP contribution is -2.06. The van der Waals surface area contributed by atoms with Crippen LogP contribution in [0.4, 0.5) is 0 Å². The van der Waals surface area contributed by atoms with Gasteiger partial charge in [0.05, 0.1) is 21.9 Å². The standard InChI is InChI=1S/C13H18O3S.C13H18O2S/c1-3-4-5-9-17(16)12-8-6-7-11(10(12)2)13(14)15;1-3-4-5-9-16-12-8-6-7-11(10(12)2)13(14)15/h6-8H,3-5,9H2,1-2H3,(H,14,15);6-8H,3-5,9H2,1-2H3,(H,14,15). The molecule has 33 heavy (non-hydrogen) atoms. The number of rotatable bonds is 12. The van der Waals surface area contributed by atoms with Gasteiger partial charge in [-0.15, -0.1) is 11.8 Å². The van der Waals surface area contributed by atoms with Crippen LogP contribution >= 0.6 is 11.8 Å². The molecule has 2 aromatic rings. The molecule has 182 valence electrons. The number of hydrogen-bond acceptors (Lipinski definition) is 4. The molecule has 2 aromatic carbocycles. The molecule has 2 rings (SSSR count). The molecule has 0 bridgehead atoms. The van der Waals surface area contributed by atoms with Gasteiger partial charge in [-0.1, -0.05) is 51.7 Å². The van der Waals surface area contributed by atoms with Crippen molar-refractivity contribution in [2.75, 3.05) is 11.5 Å². The first-order chi connectivity index (χ1) is 15.7. The van der Waals surface area contributed by atoms with Crippen molar-refractivity contribution < 1.29 is 24.0 Å². The Balaban J connectivity index is 0.000000331. The van der Waals surface area contributed by atoms with Gasteiger partial charge in [-0.25, -0.2) is 9.59 Å². The molecule has 0 aliphatic carbocycles. The van der Waals surface area contributed by atoms with Gasteiger partial charge < -0.3 is 10.2 Å². The molecule has 0 aromatic heterocycles. The predicted molar refractivity (Wildman–Crippen MR) is 137 cm³/mol. The van der Waals surface area contributed by atoms with Crippen LogP contribution in [0.15, 0.2) is 46.2 Å². The van der Waals surface area contributed by atoms with Gasteiger partial charge in [-0.3, -0.25) is 4.21 Å². The molecular formula is C26H36O5S2. The first-order valence-corrected chi connectivity index (χ1v) is 13.7. The minimum Gasteiger partial charge on any atom is -0.478 e. The number of carboxylic acid groups (broad SMARTS) is 2. The van der Waals surface area contributed by atoms with Crippen LogP contribution in [0.2, 0.25) is 0 Å². The van der Waals surface area contributed by atoms with E-state index in [0.29, 0.717) is 21.8 Å². The molecule has 0 saturated carbocycles. The summed E-state index contributed by atoms with van der Waals surface area (Å²) in [5.41, 5.74) is 2.16. The topological polar surface area (TPSA) is 91.7 Å². The van der Waals surface area contributed by atoms with E-state index in [1.807, 2.05) is 19.1 Å². The van der Waals surface area contributed by atoms with Gasteiger partial charge in [0.1, 0.15) is 0 Å². The fraction of sp³-hybridized carbons (Fsp3) is 0.462. The van der Waals surface area contributed by atoms with E-state index < -0.39 is 22.7 Å². The molecule has 0 heterocycles. The summed E-state index contributed by atoms with van der Waals surface area (Å²) in [5.74, 6) is -0.126. The maximum absolute atomic E-state index is 12.0. The first kappa shape index (κ1) is 28.9. The second-order valence-corrected chi connectivity index (χ2v) is 10.5. The zero-order valence-electron chi connectivity index (χ0n) is 20.1. The lowest BCUT2D eigenvalue weighted by atomic mass is 10.1. The van der Waals surface area contributed by atoms with Gasteiger partial charge in [0.2, 0.25) is 0 Å². The number of hydrogen-bond donors (Lipinski definition) is 2. The number of carbonyl (C=O) groups is 2. The predicted octanol–water partition coefficient (Wildman–Crippen LogP) is 6.97. The van der Waals surface area contributed by atoms with Crippen molar-refractivity contribution >= 4 is 34.5 Å². The Hall–Kier alpha value is -2.12. The van der Waals surface area contributed by atoms with Gasteiger partial charge >= 0.3 is 11.9 Å². The van der Waals surface area contributed by atoms with Gasteiger partial charge in [0.25, 0.3) is 0 Å². The smallest absolute Gasteiger partial charge is 0.335 e. The Morgan fingerprint density at radius 2 is 1.36 bits per heavy atom. The Labute approximate surface area is 204 Å². The van der Waals surface area contributed by atoms with Crippen molar-refractivity contribution in [2.45, 2.75) is 76.0 Å². The lowest BCUT2D eigenvalue weighted by Gasteiger charge is -2.08. The van der Waals surface area contributed by atoms with Crippen molar-refractivity contribution in [3.63, 3.8) is 0 Å². The average molecular weight is 493 g/mol. The molecule has 5 nitrogen and oxygen atoms in total. The van der Waals surface area contributed by atoms with Gasteiger partial charge in [-0.2, -0.15) is 0 Å². The van der Waals surface area contributed by atoms with Crippen LogP contribution in [0.3, 0.4) is 0 Å². The molecule has 0 aliphatic heterocycles. The molecule has 0 radical (unpaired) electrons. The molecule has 7 heteroatoms. The molecular weight excluding hydrogens is 456 g/mol. The van der Waals surface area contributed by atoms with Crippen LogP contribution in [-0.2, 0) is 10.8 Å². The van der Waals surface area contributed by atoms with Crippen LogP contribution in [-0.4, -0.2) is 37.9 Å². The lowest BCUT2D eigenvalue weighted by molar-refractivity contribution is 0.0685. The largest absolute Gasteiger partial charge is 0.478 e. The summed E-state index contributed by atoms with van der Waals surface area (Å²) in [6, 6.07) is 10.4. The van der Waals surface area contributed by atoms with Crippen molar-refractivity contribution in [2.24, 2.45) is 0 Å². The summed E-state index contributed by atoms with van der Waals surface area (Å²) in [6.45, 7) is 7.88. The number of thioether (sulfide) groups is 1. The highest BCUT2D eigenvalue weighted by molar-refractivity contribution is 7.99. The zero-order chi connectivity index (χ0) is 24.8. The molecule has 1 atom stereocenters. The van der Waals surface area contributed by atoms with Crippen molar-refractivity contribution in [1.82, 2.24) is 0 Å². The highest BCUT2D eigenvalue weighted by Gasteiger charge is 2.14. The summed E-state index contributed by atoms with van der Waals surface area (Å²) in [5, 5.41) is 18.0. The summed E-state index contributed by atoms with van der Waals surface area (Å²) in [4.78, 5) is 23.6. The number of carboxylic acids is 2. The van der Waals surface area contributed by atoms with E-state index in [-0.39, 0.29) is 5.56 Å². The Bertz CT molecular complexity index is 940. The molecule has 0 spiro atoms. The van der Waals surface area contributed by atoms with Crippen molar-refractivity contribution in [3.05, 3.63) is 58.7 Å². The highest BCUT2D eigenvalue weighted by atomic mass is 32.2. The maximum Gasteiger partial charge on any atom is 0.335 e. The average Bonchev–Trinajstić information content (AvgIpc) is 2.78. The SMILES string of the molecule is CCCCCS(=O)c1cccc(C(=O)O)c1C.CCCCCSc1cccc(C(=O)O)c1C. The molecule has 0 saturated heterocycles. The molecule has 2 N–H and O–H groups in total. The maximum atomic E-state index is 12.0. The van der Waals surface area contributed by atoms with E-state index in [4.69, 9.17) is 10.2 Å². The minimum absolute atomic E-state index is 0.242. The third kappa shape index (κ3) is 9.72. The van der Waals surface area contributed by atoms with E-state index in [1.54, 1.807) is 43.0 Å². The van der Waals surface area contributed by atoms with Crippen LogP contribution in [0, 0.1) is 13.8 Å². The monoisotopic (exact) mass is 492 g/mol. The van der Waals surface area contributed by atoms with Crippen LogP contribution in [0.25, 0.3) is 0 Å². The van der Waals surface area contributed by atoms with E-state index in [0.717, 1.165) is 35.5 Å². The Morgan fingerprint density at radius 3 is 1.94 bits per heavy atom. The third-order valence-electron chi connectivity index (χ3n) is 5.21. The fourth-order valence-corrected chi connectivity index (χ4v) is 5.66. The van der Waals surface area contributed by atoms with Gasteiger partial charge in [0.15, 0.2) is 0 Å². The van der Waals surface area contributed by atoms with Crippen LogP contribution < -0.4 is 0 Å². The van der Waals surface area contributed by atoms with E-state index in [1.165, 1.54) is 19.3 Å².